The average Bonchev–Trinajstić information content (AvgIpc) is 2.93. The number of hydrazone groups is 1. The molecule has 0 aliphatic rings. The number of fused-ring (bicyclic) bond motifs is 1. The summed E-state index contributed by atoms with van der Waals surface area (Å²) in [6.45, 7) is -0.0722. The molecule has 0 atom stereocenters. The molecule has 24 heavy (non-hydrogen) atoms. The van der Waals surface area contributed by atoms with Gasteiger partial charge < -0.3 is 9.67 Å². The molecule has 3 aromatic rings. The predicted molar refractivity (Wildman–Crippen MR) is 88.1 cm³/mol. The van der Waals surface area contributed by atoms with E-state index in [0.717, 1.165) is 5.56 Å². The Morgan fingerprint density at radius 1 is 1.46 bits per heavy atom. The smallest absolute Gasteiger partial charge is 0.329 e. The van der Waals surface area contributed by atoms with Crippen molar-refractivity contribution >= 4 is 23.3 Å². The third kappa shape index (κ3) is 2.82. The largest absolute Gasteiger partial charge is 0.395 e. The van der Waals surface area contributed by atoms with Gasteiger partial charge in [-0.3, -0.25) is 19.3 Å². The van der Waals surface area contributed by atoms with Crippen LogP contribution in [0.1, 0.15) is 5.56 Å². The number of nitrogens with zero attached hydrogens (tertiary/aromatic N) is 5. The number of H-pyrrole nitrogens is 1. The minimum Gasteiger partial charge on any atom is -0.395 e. The summed E-state index contributed by atoms with van der Waals surface area (Å²) in [6, 6.07) is 3.60. The molecule has 3 N–H and O–H groups in total. The van der Waals surface area contributed by atoms with E-state index in [2.05, 4.69) is 25.5 Å². The van der Waals surface area contributed by atoms with E-state index in [1.807, 2.05) is 6.07 Å². The molecule has 0 amide bonds. The molecule has 3 heterocycles. The van der Waals surface area contributed by atoms with Crippen LogP contribution >= 0.6 is 0 Å². The Hall–Kier alpha value is -3.27. The highest BCUT2D eigenvalue weighted by Crippen LogP contribution is 2.14. The Morgan fingerprint density at radius 2 is 2.29 bits per heavy atom. The summed E-state index contributed by atoms with van der Waals surface area (Å²) < 4.78 is 2.69. The van der Waals surface area contributed by atoms with E-state index in [1.54, 1.807) is 24.7 Å². The summed E-state index contributed by atoms with van der Waals surface area (Å²) in [4.78, 5) is 34.2. The van der Waals surface area contributed by atoms with Crippen LogP contribution in [0.5, 0.6) is 0 Å². The van der Waals surface area contributed by atoms with Crippen LogP contribution in [0.2, 0.25) is 0 Å². The van der Waals surface area contributed by atoms with Gasteiger partial charge in [0.25, 0.3) is 5.56 Å². The second kappa shape index (κ2) is 6.46. The minimum absolute atomic E-state index is 0.128. The van der Waals surface area contributed by atoms with Crippen molar-refractivity contribution in [1.29, 1.82) is 0 Å². The monoisotopic (exact) mass is 329 g/mol. The molecular formula is C14H15N7O3. The van der Waals surface area contributed by atoms with Crippen molar-refractivity contribution in [2.24, 2.45) is 12.1 Å². The highest BCUT2D eigenvalue weighted by Gasteiger charge is 2.16. The Balaban J connectivity index is 2.04. The average molecular weight is 329 g/mol. The fourth-order valence-corrected chi connectivity index (χ4v) is 2.25. The molecule has 3 rings (SSSR count). The van der Waals surface area contributed by atoms with E-state index in [-0.39, 0.29) is 30.3 Å². The molecule has 0 aliphatic carbocycles. The first kappa shape index (κ1) is 15.6. The van der Waals surface area contributed by atoms with Crippen molar-refractivity contribution in [3.05, 3.63) is 50.9 Å². The molecule has 0 radical (unpaired) electrons. The van der Waals surface area contributed by atoms with Crippen molar-refractivity contribution in [1.82, 2.24) is 24.1 Å². The molecule has 0 aromatic carbocycles. The van der Waals surface area contributed by atoms with E-state index in [0.29, 0.717) is 0 Å². The highest BCUT2D eigenvalue weighted by molar-refractivity contribution is 5.80. The Labute approximate surface area is 135 Å². The van der Waals surface area contributed by atoms with Gasteiger partial charge in [-0.2, -0.15) is 10.1 Å². The second-order valence-corrected chi connectivity index (χ2v) is 4.96. The zero-order valence-electron chi connectivity index (χ0n) is 12.8. The Kier molecular flexibility index (Phi) is 4.20. The Morgan fingerprint density at radius 3 is 3.00 bits per heavy atom. The summed E-state index contributed by atoms with van der Waals surface area (Å²) in [5, 5.41) is 13.3. The molecule has 0 aliphatic heterocycles. The van der Waals surface area contributed by atoms with Gasteiger partial charge in [0, 0.05) is 31.5 Å². The Bertz CT molecular complexity index is 1000. The van der Waals surface area contributed by atoms with Gasteiger partial charge in [-0.15, -0.1) is 0 Å². The minimum atomic E-state index is -0.571. The predicted octanol–water partition coefficient (Wildman–Crippen LogP) is -0.743. The molecule has 0 unspecified atom stereocenters. The van der Waals surface area contributed by atoms with Crippen LogP contribution in [-0.2, 0) is 13.6 Å². The fourth-order valence-electron chi connectivity index (χ4n) is 2.25. The van der Waals surface area contributed by atoms with Crippen molar-refractivity contribution < 1.29 is 5.11 Å². The van der Waals surface area contributed by atoms with E-state index in [9.17, 15) is 14.7 Å². The number of aliphatic hydroxyl groups excluding tert-OH is 1. The van der Waals surface area contributed by atoms with Gasteiger partial charge in [0.1, 0.15) is 0 Å². The molecule has 3 aromatic heterocycles. The number of pyridine rings is 1. The van der Waals surface area contributed by atoms with Crippen LogP contribution in [0.4, 0.5) is 5.95 Å². The summed E-state index contributed by atoms with van der Waals surface area (Å²) in [5.74, 6) is 0.242. The van der Waals surface area contributed by atoms with Crippen LogP contribution in [0.15, 0.2) is 39.2 Å². The third-order valence-corrected chi connectivity index (χ3v) is 3.39. The molecule has 0 spiro atoms. The van der Waals surface area contributed by atoms with E-state index >= 15 is 0 Å². The lowest BCUT2D eigenvalue weighted by atomic mass is 10.3. The van der Waals surface area contributed by atoms with Crippen LogP contribution in [0, 0.1) is 0 Å². The van der Waals surface area contributed by atoms with E-state index in [4.69, 9.17) is 0 Å². The zero-order chi connectivity index (χ0) is 17.1. The number of hydrogen-bond acceptors (Lipinski definition) is 7. The van der Waals surface area contributed by atoms with Gasteiger partial charge in [-0.05, 0) is 6.07 Å². The number of aliphatic hydroxyl groups is 1. The molecule has 124 valence electrons. The zero-order valence-corrected chi connectivity index (χ0v) is 12.8. The van der Waals surface area contributed by atoms with Gasteiger partial charge >= 0.3 is 5.69 Å². The standard InChI is InChI=1S/C14H15N7O3/c1-20-11-10(12(23)18-14(20)24)21(5-6-22)13(17-11)19-16-8-9-3-2-4-15-7-9/h2-4,7-8,22H,5-6H2,1H3,(H,17,19)(H,18,23,24). The van der Waals surface area contributed by atoms with Crippen LogP contribution < -0.4 is 16.7 Å². The quantitative estimate of drug-likeness (QED) is 0.417. The van der Waals surface area contributed by atoms with Crippen molar-refractivity contribution in [2.45, 2.75) is 6.54 Å². The van der Waals surface area contributed by atoms with Crippen LogP contribution in [0.3, 0.4) is 0 Å². The molecule has 0 bridgehead atoms. The summed E-state index contributed by atoms with van der Waals surface area (Å²) in [7, 11) is 1.50. The van der Waals surface area contributed by atoms with Crippen LogP contribution in [-0.4, -0.2) is 42.0 Å². The third-order valence-electron chi connectivity index (χ3n) is 3.39. The molecular weight excluding hydrogens is 314 g/mol. The van der Waals surface area contributed by atoms with Crippen molar-refractivity contribution in [3.63, 3.8) is 0 Å². The number of rotatable bonds is 5. The number of aromatic nitrogens is 5. The molecule has 0 fully saturated rings. The lowest BCUT2D eigenvalue weighted by Gasteiger charge is -2.05. The first-order chi connectivity index (χ1) is 11.6. The fraction of sp³-hybridized carbons (Fsp3) is 0.214. The van der Waals surface area contributed by atoms with Gasteiger partial charge in [0.15, 0.2) is 11.2 Å². The molecule has 0 saturated carbocycles. The normalized spacial score (nSPS) is 11.4. The first-order valence-electron chi connectivity index (χ1n) is 7.11. The lowest BCUT2D eigenvalue weighted by molar-refractivity contribution is 0.278. The second-order valence-electron chi connectivity index (χ2n) is 4.96. The first-order valence-corrected chi connectivity index (χ1v) is 7.11. The topological polar surface area (TPSA) is 130 Å². The number of hydrogen-bond donors (Lipinski definition) is 3. The SMILES string of the molecule is Cn1c(=O)[nH]c(=O)c2c1nc(NN=Cc1cccnc1)n2CCO. The molecule has 10 nitrogen and oxygen atoms in total. The van der Waals surface area contributed by atoms with Gasteiger partial charge in [0.2, 0.25) is 5.95 Å². The van der Waals surface area contributed by atoms with Crippen molar-refractivity contribution in [2.75, 3.05) is 12.0 Å². The molecule has 10 heteroatoms. The van der Waals surface area contributed by atoms with Gasteiger partial charge in [-0.1, -0.05) is 6.07 Å². The number of aromatic amines is 1. The summed E-state index contributed by atoms with van der Waals surface area (Å²) >= 11 is 0. The van der Waals surface area contributed by atoms with Crippen molar-refractivity contribution in [3.8, 4) is 0 Å². The summed E-state index contributed by atoms with van der Waals surface area (Å²) in [5.41, 5.74) is 2.76. The summed E-state index contributed by atoms with van der Waals surface area (Å²) in [6.07, 6.45) is 4.83. The number of aryl methyl sites for hydroxylation is 1. The highest BCUT2D eigenvalue weighted by atomic mass is 16.3. The lowest BCUT2D eigenvalue weighted by Crippen LogP contribution is -2.29. The van der Waals surface area contributed by atoms with Crippen LogP contribution in [0.25, 0.3) is 11.2 Å². The number of imidazole rings is 1. The number of anilines is 1. The molecule has 0 saturated heterocycles. The van der Waals surface area contributed by atoms with E-state index in [1.165, 1.54) is 16.2 Å². The maximum Gasteiger partial charge on any atom is 0.329 e. The van der Waals surface area contributed by atoms with Gasteiger partial charge in [0.05, 0.1) is 12.8 Å². The maximum atomic E-state index is 12.1. The van der Waals surface area contributed by atoms with Gasteiger partial charge in [-0.25, -0.2) is 10.2 Å². The van der Waals surface area contributed by atoms with E-state index < -0.39 is 11.2 Å². The number of nitrogens with one attached hydrogen (secondary N) is 2. The maximum absolute atomic E-state index is 12.1.